The second kappa shape index (κ2) is 7.82. The van der Waals surface area contributed by atoms with Gasteiger partial charge in [0, 0.05) is 36.1 Å². The number of amides is 1. The highest BCUT2D eigenvalue weighted by Gasteiger charge is 2.58. The number of likely N-dealkylation sites (tertiary alicyclic amines) is 1. The lowest BCUT2D eigenvalue weighted by Gasteiger charge is -2.17. The van der Waals surface area contributed by atoms with Crippen molar-refractivity contribution in [2.45, 2.75) is 26.2 Å². The summed E-state index contributed by atoms with van der Waals surface area (Å²) in [4.78, 5) is 18.5. The number of hydrogen-bond acceptors (Lipinski definition) is 4. The number of nitrogens with zero attached hydrogens (tertiary/aromatic N) is 1. The lowest BCUT2D eigenvalue weighted by Crippen LogP contribution is -2.21. The molecular weight excluding hydrogens is 390 g/mol. The minimum atomic E-state index is 0.119. The molecule has 1 aromatic carbocycles. The molecule has 4 aliphatic rings. The Kier molecular flexibility index (Phi) is 4.95. The van der Waals surface area contributed by atoms with Crippen LogP contribution in [0.3, 0.4) is 0 Å². The third-order valence-electron chi connectivity index (χ3n) is 8.33. The van der Waals surface area contributed by atoms with Crippen LogP contribution < -0.4 is 10.1 Å². The summed E-state index contributed by atoms with van der Waals surface area (Å²) < 4.78 is 11.5. The van der Waals surface area contributed by atoms with Gasteiger partial charge in [-0.15, -0.1) is 0 Å². The second-order valence-corrected chi connectivity index (χ2v) is 10.1. The van der Waals surface area contributed by atoms with Crippen LogP contribution in [0.15, 0.2) is 24.4 Å². The first-order valence-electron chi connectivity index (χ1n) is 12.0. The first kappa shape index (κ1) is 19.6. The molecule has 2 saturated heterocycles. The summed E-state index contributed by atoms with van der Waals surface area (Å²) >= 11 is 0. The Morgan fingerprint density at radius 2 is 2.00 bits per heavy atom. The molecule has 0 bridgehead atoms. The van der Waals surface area contributed by atoms with Crippen molar-refractivity contribution < 1.29 is 14.3 Å². The standard InChI is InChI=1S/C25H33N3O3/c1-2-28-11-16-7-15(8-17(16)12-28)5-6-31-18-3-4-22-19(9-18)23(10-26-22)27-25(29)24-20-13-30-14-21(20)24/h3-4,9-10,15-17,20-21,24,26H,2,5-8,11-14H2,1H3,(H,27,29)/t15-,16-,17+,20?,21?,24?. The van der Waals surface area contributed by atoms with Crippen LogP contribution >= 0.6 is 0 Å². The van der Waals surface area contributed by atoms with Gasteiger partial charge in [0.2, 0.25) is 5.91 Å². The number of carbonyl (C=O) groups excluding carboxylic acids is 1. The summed E-state index contributed by atoms with van der Waals surface area (Å²) in [5.74, 6) is 4.59. The Labute approximate surface area is 183 Å². The fourth-order valence-electron chi connectivity index (χ4n) is 6.50. The normalized spacial score (nSPS) is 34.1. The van der Waals surface area contributed by atoms with E-state index in [1.807, 2.05) is 18.3 Å². The number of aromatic nitrogens is 1. The Morgan fingerprint density at radius 1 is 1.23 bits per heavy atom. The van der Waals surface area contributed by atoms with E-state index < -0.39 is 0 Å². The van der Waals surface area contributed by atoms with Crippen LogP contribution in [0.1, 0.15) is 26.2 Å². The molecule has 6 nitrogen and oxygen atoms in total. The van der Waals surface area contributed by atoms with Crippen LogP contribution in [-0.4, -0.2) is 55.2 Å². The minimum Gasteiger partial charge on any atom is -0.494 e. The Hall–Kier alpha value is -2.05. The number of benzene rings is 1. The average Bonchev–Trinajstić information content (AvgIpc) is 3.26. The van der Waals surface area contributed by atoms with Crippen molar-refractivity contribution in [3.05, 3.63) is 24.4 Å². The summed E-state index contributed by atoms with van der Waals surface area (Å²) in [6.45, 7) is 8.29. The SMILES string of the molecule is CCN1C[C@H]2C[C@@H](CCOc3ccc4[nH]cc(NC(=O)C5C6COCC65)c4c3)C[C@H]2C1. The number of nitrogens with one attached hydrogen (secondary N) is 2. The maximum Gasteiger partial charge on any atom is 0.228 e. The lowest BCUT2D eigenvalue weighted by atomic mass is 10.0. The molecular formula is C25H33N3O3. The molecule has 166 valence electrons. The fraction of sp³-hybridized carbons (Fsp3) is 0.640. The van der Waals surface area contributed by atoms with E-state index in [4.69, 9.17) is 9.47 Å². The predicted molar refractivity (Wildman–Crippen MR) is 120 cm³/mol. The molecule has 2 saturated carbocycles. The zero-order chi connectivity index (χ0) is 20.9. The van der Waals surface area contributed by atoms with Crippen molar-refractivity contribution in [3.63, 3.8) is 0 Å². The molecule has 1 amide bonds. The quantitative estimate of drug-likeness (QED) is 0.712. The molecule has 31 heavy (non-hydrogen) atoms. The Balaban J connectivity index is 1.04. The van der Waals surface area contributed by atoms with Crippen molar-refractivity contribution in [2.75, 3.05) is 44.8 Å². The predicted octanol–water partition coefficient (Wildman–Crippen LogP) is 3.75. The van der Waals surface area contributed by atoms with E-state index >= 15 is 0 Å². The molecule has 2 aliphatic heterocycles. The lowest BCUT2D eigenvalue weighted by molar-refractivity contribution is -0.118. The Bertz CT molecular complexity index is 948. The molecule has 2 aromatic rings. The van der Waals surface area contributed by atoms with Gasteiger partial charge in [0.25, 0.3) is 0 Å². The minimum absolute atomic E-state index is 0.119. The van der Waals surface area contributed by atoms with Crippen molar-refractivity contribution in [2.24, 2.45) is 35.5 Å². The van der Waals surface area contributed by atoms with Crippen molar-refractivity contribution in [3.8, 4) is 5.75 Å². The van der Waals surface area contributed by atoms with Gasteiger partial charge in [-0.2, -0.15) is 0 Å². The number of H-pyrrole nitrogens is 1. The average molecular weight is 424 g/mol. The van der Waals surface area contributed by atoms with Crippen LogP contribution in [0.5, 0.6) is 5.75 Å². The molecule has 1 aromatic heterocycles. The summed E-state index contributed by atoms with van der Waals surface area (Å²) in [6, 6.07) is 6.12. The van der Waals surface area contributed by atoms with Crippen molar-refractivity contribution in [1.29, 1.82) is 0 Å². The largest absolute Gasteiger partial charge is 0.494 e. The molecule has 2 N–H and O–H groups in total. The van der Waals surface area contributed by atoms with Crippen LogP contribution in [0.2, 0.25) is 0 Å². The summed E-state index contributed by atoms with van der Waals surface area (Å²) in [6.07, 6.45) is 5.76. The summed E-state index contributed by atoms with van der Waals surface area (Å²) in [7, 11) is 0. The first-order chi connectivity index (χ1) is 15.2. The van der Waals surface area contributed by atoms with Crippen molar-refractivity contribution >= 4 is 22.5 Å². The number of hydrogen-bond donors (Lipinski definition) is 2. The fourth-order valence-corrected chi connectivity index (χ4v) is 6.50. The molecule has 2 aliphatic carbocycles. The highest BCUT2D eigenvalue weighted by molar-refractivity contribution is 6.03. The highest BCUT2D eigenvalue weighted by Crippen LogP contribution is 2.51. The smallest absolute Gasteiger partial charge is 0.228 e. The number of aromatic amines is 1. The molecule has 4 fully saturated rings. The van der Waals surface area contributed by atoms with Crippen LogP contribution in [0, 0.1) is 35.5 Å². The zero-order valence-electron chi connectivity index (χ0n) is 18.3. The van der Waals surface area contributed by atoms with Gasteiger partial charge in [-0.1, -0.05) is 6.92 Å². The van der Waals surface area contributed by atoms with Gasteiger partial charge in [0.05, 0.1) is 25.5 Å². The van der Waals surface area contributed by atoms with E-state index in [9.17, 15) is 4.79 Å². The van der Waals surface area contributed by atoms with E-state index in [0.717, 1.165) is 66.3 Å². The highest BCUT2D eigenvalue weighted by atomic mass is 16.5. The van der Waals surface area contributed by atoms with E-state index in [-0.39, 0.29) is 11.8 Å². The molecule has 2 unspecified atom stereocenters. The molecule has 6 rings (SSSR count). The van der Waals surface area contributed by atoms with Crippen LogP contribution in [0.4, 0.5) is 5.69 Å². The van der Waals surface area contributed by atoms with Gasteiger partial charge in [-0.25, -0.2) is 0 Å². The third kappa shape index (κ3) is 3.64. The van der Waals surface area contributed by atoms with Gasteiger partial charge in [-0.3, -0.25) is 4.79 Å². The molecule has 6 heteroatoms. The monoisotopic (exact) mass is 423 g/mol. The summed E-state index contributed by atoms with van der Waals surface area (Å²) in [5.41, 5.74) is 1.87. The first-order valence-corrected chi connectivity index (χ1v) is 12.0. The maximum absolute atomic E-state index is 12.6. The van der Waals surface area contributed by atoms with E-state index in [2.05, 4.69) is 28.2 Å². The number of carbonyl (C=O) groups is 1. The number of fused-ring (bicyclic) bond motifs is 3. The number of anilines is 1. The van der Waals surface area contributed by atoms with Gasteiger partial charge >= 0.3 is 0 Å². The van der Waals surface area contributed by atoms with Gasteiger partial charge < -0.3 is 24.7 Å². The van der Waals surface area contributed by atoms with Gasteiger partial charge in [0.1, 0.15) is 5.75 Å². The van der Waals surface area contributed by atoms with Gasteiger partial charge in [-0.05, 0) is 73.6 Å². The number of ether oxygens (including phenoxy) is 2. The Morgan fingerprint density at radius 3 is 2.74 bits per heavy atom. The molecule has 0 radical (unpaired) electrons. The zero-order valence-corrected chi connectivity index (χ0v) is 18.3. The molecule has 3 heterocycles. The molecule has 5 atom stereocenters. The molecule has 0 spiro atoms. The van der Waals surface area contributed by atoms with Gasteiger partial charge in [0.15, 0.2) is 0 Å². The second-order valence-electron chi connectivity index (χ2n) is 10.1. The number of rotatable bonds is 7. The van der Waals surface area contributed by atoms with Crippen LogP contribution in [-0.2, 0) is 9.53 Å². The maximum atomic E-state index is 12.6. The van der Waals surface area contributed by atoms with E-state index in [1.54, 1.807) is 0 Å². The van der Waals surface area contributed by atoms with Crippen LogP contribution in [0.25, 0.3) is 10.9 Å². The summed E-state index contributed by atoms with van der Waals surface area (Å²) in [5, 5.41) is 4.15. The van der Waals surface area contributed by atoms with E-state index in [0.29, 0.717) is 11.8 Å². The van der Waals surface area contributed by atoms with E-state index in [1.165, 1.54) is 32.5 Å². The third-order valence-corrected chi connectivity index (χ3v) is 8.33. The topological polar surface area (TPSA) is 66.6 Å². The van der Waals surface area contributed by atoms with Crippen molar-refractivity contribution in [1.82, 2.24) is 9.88 Å².